The lowest BCUT2D eigenvalue weighted by Crippen LogP contribution is -2.33. The average Bonchev–Trinajstić information content (AvgIpc) is 2.66. The van der Waals surface area contributed by atoms with Crippen molar-refractivity contribution in [2.24, 2.45) is 0 Å². The van der Waals surface area contributed by atoms with Crippen molar-refractivity contribution in [3.63, 3.8) is 0 Å². The summed E-state index contributed by atoms with van der Waals surface area (Å²) in [5, 5.41) is 1.15. The third-order valence-corrected chi connectivity index (χ3v) is 6.27. The van der Waals surface area contributed by atoms with Gasteiger partial charge in [-0.1, -0.05) is 23.2 Å². The first-order valence-electron chi connectivity index (χ1n) is 8.23. The van der Waals surface area contributed by atoms with Crippen molar-refractivity contribution in [3.05, 3.63) is 68.7 Å². The van der Waals surface area contributed by atoms with Gasteiger partial charge < -0.3 is 9.72 Å². The Morgan fingerprint density at radius 2 is 1.79 bits per heavy atom. The van der Waals surface area contributed by atoms with Gasteiger partial charge in [0, 0.05) is 17.1 Å². The average molecular weight is 456 g/mol. The van der Waals surface area contributed by atoms with Crippen LogP contribution in [0.15, 0.2) is 52.2 Å². The summed E-state index contributed by atoms with van der Waals surface area (Å²) in [5.74, 6) is -0.694. The maximum atomic E-state index is 12.5. The fraction of sp³-hybridized carbons (Fsp3) is 0.167. The second-order valence-corrected chi connectivity index (χ2v) is 8.97. The monoisotopic (exact) mass is 455 g/mol. The topological polar surface area (TPSA) is 109 Å². The maximum Gasteiger partial charge on any atom is 0.321 e. The number of halogens is 2. The summed E-state index contributed by atoms with van der Waals surface area (Å²) in [6.45, 7) is -0.847. The van der Waals surface area contributed by atoms with E-state index in [0.29, 0.717) is 20.9 Å². The SMILES string of the molecule is CN(CC(=O)OCc1nc2cc(Cl)ccc2c(=O)[nH]1)S(=O)(=O)c1ccc(Cl)cc1. The first-order chi connectivity index (χ1) is 13.7. The van der Waals surface area contributed by atoms with Gasteiger partial charge >= 0.3 is 5.97 Å². The normalized spacial score (nSPS) is 11.7. The van der Waals surface area contributed by atoms with E-state index in [4.69, 9.17) is 27.9 Å². The van der Waals surface area contributed by atoms with E-state index in [1.54, 1.807) is 6.07 Å². The molecule has 0 saturated heterocycles. The van der Waals surface area contributed by atoms with E-state index in [2.05, 4.69) is 9.97 Å². The molecule has 0 unspecified atom stereocenters. The van der Waals surface area contributed by atoms with Crippen molar-refractivity contribution in [1.82, 2.24) is 14.3 Å². The highest BCUT2D eigenvalue weighted by Gasteiger charge is 2.23. The molecule has 0 aliphatic heterocycles. The van der Waals surface area contributed by atoms with E-state index in [-0.39, 0.29) is 17.3 Å². The molecule has 0 fully saturated rings. The van der Waals surface area contributed by atoms with Gasteiger partial charge in [-0.3, -0.25) is 9.59 Å². The first kappa shape index (κ1) is 21.3. The number of likely N-dealkylation sites (N-methyl/N-ethyl adjacent to an activating group) is 1. The number of rotatable bonds is 6. The largest absolute Gasteiger partial charge is 0.457 e. The molecule has 0 aliphatic carbocycles. The van der Waals surface area contributed by atoms with E-state index in [1.807, 2.05) is 0 Å². The van der Waals surface area contributed by atoms with E-state index in [0.717, 1.165) is 4.31 Å². The molecule has 1 aromatic heterocycles. The van der Waals surface area contributed by atoms with Crippen molar-refractivity contribution in [3.8, 4) is 0 Å². The minimum atomic E-state index is -3.89. The van der Waals surface area contributed by atoms with Crippen molar-refractivity contribution in [1.29, 1.82) is 0 Å². The van der Waals surface area contributed by atoms with Crippen LogP contribution in [0, 0.1) is 0 Å². The number of nitrogens with one attached hydrogen (secondary N) is 1. The van der Waals surface area contributed by atoms with Crippen LogP contribution < -0.4 is 5.56 Å². The van der Waals surface area contributed by atoms with Gasteiger partial charge in [0.1, 0.15) is 19.0 Å². The van der Waals surface area contributed by atoms with Crippen LogP contribution >= 0.6 is 23.2 Å². The van der Waals surface area contributed by atoms with Gasteiger partial charge in [0.2, 0.25) is 10.0 Å². The Labute approximate surface area is 176 Å². The fourth-order valence-electron chi connectivity index (χ4n) is 2.48. The number of hydrogen-bond acceptors (Lipinski definition) is 6. The van der Waals surface area contributed by atoms with Crippen LogP contribution in [0.3, 0.4) is 0 Å². The molecule has 0 amide bonds. The number of sulfonamides is 1. The van der Waals surface area contributed by atoms with Crippen LogP contribution in [0.4, 0.5) is 0 Å². The van der Waals surface area contributed by atoms with Gasteiger partial charge in [-0.25, -0.2) is 13.4 Å². The Morgan fingerprint density at radius 3 is 2.48 bits per heavy atom. The molecule has 8 nitrogen and oxygen atoms in total. The summed E-state index contributed by atoms with van der Waals surface area (Å²) >= 11 is 11.7. The van der Waals surface area contributed by atoms with Gasteiger partial charge in [-0.15, -0.1) is 0 Å². The molecule has 1 heterocycles. The number of hydrogen-bond donors (Lipinski definition) is 1. The quantitative estimate of drug-likeness (QED) is 0.572. The molecule has 11 heteroatoms. The zero-order valence-corrected chi connectivity index (χ0v) is 17.4. The van der Waals surface area contributed by atoms with Crippen LogP contribution in [-0.2, 0) is 26.2 Å². The van der Waals surface area contributed by atoms with Crippen molar-refractivity contribution < 1.29 is 17.9 Å². The molecular formula is C18H15Cl2N3O5S. The Morgan fingerprint density at radius 1 is 1.14 bits per heavy atom. The van der Waals surface area contributed by atoms with Crippen LogP contribution in [-0.4, -0.2) is 42.3 Å². The van der Waals surface area contributed by atoms with Crippen LogP contribution in [0.1, 0.15) is 5.82 Å². The highest BCUT2D eigenvalue weighted by atomic mass is 35.5. The van der Waals surface area contributed by atoms with Gasteiger partial charge in [-0.05, 0) is 42.5 Å². The standard InChI is InChI=1S/C18H15Cl2N3O5S/c1-23(29(26,27)13-5-2-11(19)3-6-13)9-17(24)28-10-16-21-15-8-12(20)4-7-14(15)18(25)22-16/h2-8H,9-10H2,1H3,(H,21,22,25). The number of carbonyl (C=O) groups is 1. The molecule has 0 spiro atoms. The summed E-state index contributed by atoms with van der Waals surface area (Å²) in [6, 6.07) is 10.2. The molecule has 0 atom stereocenters. The predicted octanol–water partition coefficient (Wildman–Crippen LogP) is 2.59. The molecule has 0 bridgehead atoms. The van der Waals surface area contributed by atoms with E-state index < -0.39 is 28.1 Å². The second-order valence-electron chi connectivity index (χ2n) is 6.05. The van der Waals surface area contributed by atoms with Gasteiger partial charge in [0.15, 0.2) is 0 Å². The predicted molar refractivity (Wildman–Crippen MR) is 108 cm³/mol. The Kier molecular flexibility index (Phi) is 6.23. The van der Waals surface area contributed by atoms with Crippen molar-refractivity contribution in [2.45, 2.75) is 11.5 Å². The van der Waals surface area contributed by atoms with Crippen LogP contribution in [0.5, 0.6) is 0 Å². The number of ether oxygens (including phenoxy) is 1. The van der Waals surface area contributed by atoms with E-state index in [1.165, 1.54) is 43.4 Å². The van der Waals surface area contributed by atoms with Crippen molar-refractivity contribution in [2.75, 3.05) is 13.6 Å². The molecule has 1 N–H and O–H groups in total. The molecule has 29 heavy (non-hydrogen) atoms. The van der Waals surface area contributed by atoms with E-state index >= 15 is 0 Å². The molecule has 3 aromatic rings. The number of aromatic amines is 1. The molecule has 0 aliphatic rings. The molecule has 152 valence electrons. The summed E-state index contributed by atoms with van der Waals surface area (Å²) in [4.78, 5) is 30.8. The fourth-order valence-corrected chi connectivity index (χ4v) is 3.88. The number of nitrogens with zero attached hydrogens (tertiary/aromatic N) is 2. The smallest absolute Gasteiger partial charge is 0.321 e. The second kappa shape index (κ2) is 8.50. The summed E-state index contributed by atoms with van der Waals surface area (Å²) in [7, 11) is -2.63. The van der Waals surface area contributed by atoms with Gasteiger partial charge in [-0.2, -0.15) is 4.31 Å². The van der Waals surface area contributed by atoms with Crippen molar-refractivity contribution >= 4 is 50.1 Å². The number of H-pyrrole nitrogens is 1. The summed E-state index contributed by atoms with van der Waals surface area (Å²) in [5.41, 5.74) is -0.0464. The van der Waals surface area contributed by atoms with Gasteiger partial charge in [0.05, 0.1) is 15.8 Å². The maximum absolute atomic E-state index is 12.5. The van der Waals surface area contributed by atoms with Crippen LogP contribution in [0.2, 0.25) is 10.0 Å². The molecular weight excluding hydrogens is 441 g/mol. The lowest BCUT2D eigenvalue weighted by molar-refractivity contribution is -0.145. The summed E-state index contributed by atoms with van der Waals surface area (Å²) < 4.78 is 30.9. The lowest BCUT2D eigenvalue weighted by Gasteiger charge is -2.16. The minimum absolute atomic E-state index is 0.00500. The van der Waals surface area contributed by atoms with Gasteiger partial charge in [0.25, 0.3) is 5.56 Å². The third-order valence-electron chi connectivity index (χ3n) is 3.96. The Bertz CT molecular complexity index is 1230. The molecule has 3 rings (SSSR count). The highest BCUT2D eigenvalue weighted by molar-refractivity contribution is 7.89. The summed E-state index contributed by atoms with van der Waals surface area (Å²) in [6.07, 6.45) is 0. The van der Waals surface area contributed by atoms with E-state index in [9.17, 15) is 18.0 Å². The number of esters is 1. The minimum Gasteiger partial charge on any atom is -0.457 e. The number of benzene rings is 2. The number of carbonyl (C=O) groups excluding carboxylic acids is 1. The zero-order chi connectivity index (χ0) is 21.2. The number of aromatic nitrogens is 2. The third kappa shape index (κ3) is 4.94. The molecule has 0 saturated carbocycles. The molecule has 0 radical (unpaired) electrons. The Balaban J connectivity index is 1.67. The zero-order valence-electron chi connectivity index (χ0n) is 15.1. The first-order valence-corrected chi connectivity index (χ1v) is 10.4. The highest BCUT2D eigenvalue weighted by Crippen LogP contribution is 2.18. The Hall–Kier alpha value is -2.46. The number of fused-ring (bicyclic) bond motifs is 1. The van der Waals surface area contributed by atoms with Crippen LogP contribution in [0.25, 0.3) is 10.9 Å². The lowest BCUT2D eigenvalue weighted by atomic mass is 10.2. The molecule has 2 aromatic carbocycles.